The summed E-state index contributed by atoms with van der Waals surface area (Å²) < 4.78 is 34.4. The molecule has 1 aromatic carbocycles. The van der Waals surface area contributed by atoms with Gasteiger partial charge in [-0.15, -0.1) is 0 Å². The van der Waals surface area contributed by atoms with E-state index >= 15 is 0 Å². The molecule has 9 heavy (non-hydrogen) atoms. The fraction of sp³-hybridized carbons (Fsp3) is 0.143. The van der Waals surface area contributed by atoms with Crippen molar-refractivity contribution in [1.29, 1.82) is 0 Å². The Hall–Kier alpha value is -1.05. The van der Waals surface area contributed by atoms with Crippen molar-refractivity contribution in [3.8, 4) is 0 Å². The molecule has 0 fully saturated rings. The van der Waals surface area contributed by atoms with E-state index in [1.54, 1.807) is 0 Å². The van der Waals surface area contributed by atoms with Crippen LogP contribution in [0, 0.1) is 5.82 Å². The third kappa shape index (κ3) is 1.42. The van der Waals surface area contributed by atoms with E-state index in [1.165, 1.54) is 7.05 Å². The van der Waals surface area contributed by atoms with Crippen LogP contribution in [0.15, 0.2) is 24.2 Å². The summed E-state index contributed by atoms with van der Waals surface area (Å²) in [6.07, 6.45) is 0. The van der Waals surface area contributed by atoms with Gasteiger partial charge in [0.2, 0.25) is 0 Å². The second kappa shape index (κ2) is 2.49. The summed E-state index contributed by atoms with van der Waals surface area (Å²) in [5, 5.41) is 2.53. The predicted octanol–water partition coefficient (Wildman–Crippen LogP) is 1.87. The molecule has 1 aromatic rings. The SMILES string of the molecule is [2H]c1cc([2H])c(NC)c([2H])c1F. The van der Waals surface area contributed by atoms with Gasteiger partial charge < -0.3 is 5.32 Å². The average Bonchev–Trinajstić information content (AvgIpc) is 2.01. The summed E-state index contributed by atoms with van der Waals surface area (Å²) in [6, 6.07) is 0.201. The van der Waals surface area contributed by atoms with E-state index in [0.29, 0.717) is 0 Å². The number of anilines is 1. The quantitative estimate of drug-likeness (QED) is 0.608. The van der Waals surface area contributed by atoms with Gasteiger partial charge in [-0.25, -0.2) is 4.39 Å². The van der Waals surface area contributed by atoms with Gasteiger partial charge in [-0.1, -0.05) is 6.07 Å². The van der Waals surface area contributed by atoms with Crippen molar-refractivity contribution in [3.63, 3.8) is 0 Å². The van der Waals surface area contributed by atoms with Crippen molar-refractivity contribution in [1.82, 2.24) is 0 Å². The zero-order chi connectivity index (χ0) is 9.30. The molecule has 0 amide bonds. The lowest BCUT2D eigenvalue weighted by atomic mass is 10.3. The van der Waals surface area contributed by atoms with Crippen molar-refractivity contribution in [2.45, 2.75) is 0 Å². The second-order valence-corrected chi connectivity index (χ2v) is 1.50. The van der Waals surface area contributed by atoms with Gasteiger partial charge in [0.05, 0.1) is 4.11 Å². The molecule has 0 spiro atoms. The Labute approximate surface area is 57.7 Å². The molecule has 0 aliphatic heterocycles. The third-order valence-corrected chi connectivity index (χ3v) is 0.900. The zero-order valence-corrected chi connectivity index (χ0v) is 4.96. The highest BCUT2D eigenvalue weighted by molar-refractivity contribution is 5.41. The maximum Gasteiger partial charge on any atom is 0.125 e. The van der Waals surface area contributed by atoms with Crippen LogP contribution in [-0.2, 0) is 0 Å². The molecule has 0 unspecified atom stereocenters. The van der Waals surface area contributed by atoms with Crippen LogP contribution >= 0.6 is 0 Å². The summed E-state index contributed by atoms with van der Waals surface area (Å²) in [5.74, 6) is -0.893. The van der Waals surface area contributed by atoms with Crippen molar-refractivity contribution in [2.75, 3.05) is 12.4 Å². The number of rotatable bonds is 1. The molecule has 1 rings (SSSR count). The summed E-state index contributed by atoms with van der Waals surface area (Å²) in [5.41, 5.74) is 0.114. The number of benzene rings is 1. The highest BCUT2D eigenvalue weighted by atomic mass is 19.1. The summed E-state index contributed by atoms with van der Waals surface area (Å²) in [7, 11) is 1.51. The fourth-order valence-corrected chi connectivity index (χ4v) is 0.488. The number of hydrogen-bond acceptors (Lipinski definition) is 1. The fourth-order valence-electron chi connectivity index (χ4n) is 0.488. The minimum absolute atomic E-state index is 0.0334. The molecule has 0 aliphatic rings. The highest BCUT2D eigenvalue weighted by Gasteiger charge is 1.88. The van der Waals surface area contributed by atoms with Gasteiger partial charge in [0.15, 0.2) is 0 Å². The van der Waals surface area contributed by atoms with Gasteiger partial charge in [-0.3, -0.25) is 0 Å². The van der Waals surface area contributed by atoms with E-state index in [4.69, 9.17) is 4.11 Å². The monoisotopic (exact) mass is 128 g/mol. The largest absolute Gasteiger partial charge is 0.388 e. The first-order chi connectivity index (χ1) is 5.57. The Bertz CT molecular complexity index is 314. The Morgan fingerprint density at radius 3 is 3.11 bits per heavy atom. The predicted molar refractivity (Wildman–Crippen MR) is 35.9 cm³/mol. The van der Waals surface area contributed by atoms with Crippen LogP contribution < -0.4 is 5.32 Å². The molecule has 0 heterocycles. The normalized spacial score (nSPS) is 13.8. The molecule has 1 nitrogen and oxygen atoms in total. The standard InChI is InChI=1S/C7H8FN/c1-9-7-4-2-3-6(8)5-7/h2-5,9H,1H3/i3D,4D,5D. The van der Waals surface area contributed by atoms with Crippen LogP contribution in [0.25, 0.3) is 0 Å². The lowest BCUT2D eigenvalue weighted by molar-refractivity contribution is 0.628. The van der Waals surface area contributed by atoms with Crippen LogP contribution in [0.2, 0.25) is 0 Å². The Morgan fingerprint density at radius 1 is 1.67 bits per heavy atom. The van der Waals surface area contributed by atoms with Gasteiger partial charge in [0, 0.05) is 12.7 Å². The van der Waals surface area contributed by atoms with Gasteiger partial charge in [0.25, 0.3) is 0 Å². The smallest absolute Gasteiger partial charge is 0.125 e. The molecule has 0 aliphatic carbocycles. The summed E-state index contributed by atoms with van der Waals surface area (Å²) in [6.45, 7) is 0. The van der Waals surface area contributed by atoms with Gasteiger partial charge in [-0.05, 0) is 18.1 Å². The summed E-state index contributed by atoms with van der Waals surface area (Å²) in [4.78, 5) is 0. The van der Waals surface area contributed by atoms with Crippen molar-refractivity contribution < 1.29 is 8.50 Å². The first-order valence-electron chi connectivity index (χ1n) is 4.02. The second-order valence-electron chi connectivity index (χ2n) is 1.50. The van der Waals surface area contributed by atoms with E-state index < -0.39 is 17.9 Å². The van der Waals surface area contributed by atoms with E-state index in [-0.39, 0.29) is 11.7 Å². The number of halogens is 1. The van der Waals surface area contributed by atoms with Gasteiger partial charge >= 0.3 is 0 Å². The zero-order valence-electron chi connectivity index (χ0n) is 7.96. The molecule has 0 saturated heterocycles. The first kappa shape index (κ1) is 3.20. The molecular formula is C7H8FN. The van der Waals surface area contributed by atoms with Crippen LogP contribution in [0.3, 0.4) is 0 Å². The van der Waals surface area contributed by atoms with E-state index in [9.17, 15) is 4.39 Å². The van der Waals surface area contributed by atoms with Gasteiger partial charge in [0.1, 0.15) is 5.82 Å². The molecule has 0 aromatic heterocycles. The van der Waals surface area contributed by atoms with Crippen LogP contribution in [-0.4, -0.2) is 7.05 Å². The molecule has 0 saturated carbocycles. The van der Waals surface area contributed by atoms with E-state index in [1.807, 2.05) is 0 Å². The third-order valence-electron chi connectivity index (χ3n) is 0.900. The highest BCUT2D eigenvalue weighted by Crippen LogP contribution is 2.06. The topological polar surface area (TPSA) is 12.0 Å². The van der Waals surface area contributed by atoms with Crippen molar-refractivity contribution >= 4 is 5.69 Å². The Kier molecular flexibility index (Phi) is 0.884. The van der Waals surface area contributed by atoms with Crippen LogP contribution in [0.5, 0.6) is 0 Å². The van der Waals surface area contributed by atoms with Crippen molar-refractivity contribution in [3.05, 3.63) is 30.0 Å². The molecule has 0 atom stereocenters. The number of hydrogen-bond donors (Lipinski definition) is 1. The Morgan fingerprint density at radius 2 is 2.44 bits per heavy atom. The molecule has 0 radical (unpaired) electrons. The van der Waals surface area contributed by atoms with Crippen molar-refractivity contribution in [2.24, 2.45) is 0 Å². The van der Waals surface area contributed by atoms with Gasteiger partial charge in [-0.2, -0.15) is 0 Å². The van der Waals surface area contributed by atoms with Crippen LogP contribution in [0.4, 0.5) is 10.1 Å². The maximum atomic E-state index is 12.9. The Balaban J connectivity index is 3.40. The maximum absolute atomic E-state index is 12.9. The van der Waals surface area contributed by atoms with Crippen LogP contribution in [0.1, 0.15) is 4.11 Å². The minimum Gasteiger partial charge on any atom is -0.388 e. The van der Waals surface area contributed by atoms with E-state index in [2.05, 4.69) is 5.32 Å². The molecule has 48 valence electrons. The lowest BCUT2D eigenvalue weighted by Crippen LogP contribution is -1.86. The first-order valence-corrected chi connectivity index (χ1v) is 2.52. The molecule has 2 heteroatoms. The molecular weight excluding hydrogens is 117 g/mol. The molecule has 0 bridgehead atoms. The number of nitrogens with one attached hydrogen (secondary N) is 1. The van der Waals surface area contributed by atoms with E-state index in [0.717, 1.165) is 6.07 Å². The average molecular weight is 128 g/mol. The minimum atomic E-state index is -0.893. The molecule has 1 N–H and O–H groups in total. The summed E-state index contributed by atoms with van der Waals surface area (Å²) >= 11 is 0. The lowest BCUT2D eigenvalue weighted by Gasteiger charge is -1.96.